The summed E-state index contributed by atoms with van der Waals surface area (Å²) in [5, 5.41) is 11.8. The van der Waals surface area contributed by atoms with Gasteiger partial charge in [0.1, 0.15) is 5.82 Å². The molecule has 1 aromatic carbocycles. The molecule has 0 spiro atoms. The molecule has 0 saturated carbocycles. The number of aromatic nitrogens is 5. The summed E-state index contributed by atoms with van der Waals surface area (Å²) in [4.78, 5) is 24.9. The number of benzene rings is 1. The summed E-state index contributed by atoms with van der Waals surface area (Å²) in [5.41, 5.74) is 0.672. The number of hydrogen-bond donors (Lipinski definition) is 1. The molecule has 3 heterocycles. The molecule has 1 saturated heterocycles. The predicted octanol–water partition coefficient (Wildman–Crippen LogP) is 3.20. The van der Waals surface area contributed by atoms with E-state index in [4.69, 9.17) is 11.6 Å². The van der Waals surface area contributed by atoms with Crippen LogP contribution in [0.5, 0.6) is 0 Å². The fourth-order valence-corrected chi connectivity index (χ4v) is 3.86. The molecule has 2 aromatic heterocycles. The third-order valence-corrected chi connectivity index (χ3v) is 5.48. The maximum absolute atomic E-state index is 14.0. The SMILES string of the molecule is CC1CCCN(C(=O)c2cc(F)ccc2-n2nccn2)[C@@H]1CNc1ncc(Cl)cn1. The Balaban J connectivity index is 1.60. The zero-order valence-corrected chi connectivity index (χ0v) is 17.1. The summed E-state index contributed by atoms with van der Waals surface area (Å²) >= 11 is 5.84. The Kier molecular flexibility index (Phi) is 5.89. The normalized spacial score (nSPS) is 19.0. The summed E-state index contributed by atoms with van der Waals surface area (Å²) < 4.78 is 14.0. The largest absolute Gasteiger partial charge is 0.352 e. The van der Waals surface area contributed by atoms with Crippen LogP contribution < -0.4 is 5.32 Å². The fourth-order valence-electron chi connectivity index (χ4n) is 3.76. The number of hydrogen-bond acceptors (Lipinski definition) is 6. The van der Waals surface area contributed by atoms with Crippen LogP contribution in [0.25, 0.3) is 5.69 Å². The standard InChI is InChI=1S/C20H21ClFN7O/c1-13-3-2-8-28(18(13)12-25-20-23-10-14(21)11-24-20)19(30)16-9-15(22)4-5-17(16)29-26-6-7-27-29/h4-7,9-11,13,18H,2-3,8,12H2,1H3,(H,23,24,25)/t13?,18-/m1/s1. The second-order valence-corrected chi connectivity index (χ2v) is 7.71. The monoisotopic (exact) mass is 429 g/mol. The van der Waals surface area contributed by atoms with Gasteiger partial charge in [-0.1, -0.05) is 18.5 Å². The molecule has 156 valence electrons. The summed E-state index contributed by atoms with van der Waals surface area (Å²) in [6.45, 7) is 3.16. The second kappa shape index (κ2) is 8.74. The molecule has 4 rings (SSSR count). The molecule has 1 amide bonds. The van der Waals surface area contributed by atoms with E-state index < -0.39 is 5.82 Å². The number of carbonyl (C=O) groups is 1. The zero-order chi connectivity index (χ0) is 21.1. The van der Waals surface area contributed by atoms with E-state index in [0.717, 1.165) is 12.8 Å². The molecule has 1 aliphatic heterocycles. The quantitative estimate of drug-likeness (QED) is 0.670. The van der Waals surface area contributed by atoms with Crippen LogP contribution in [0.3, 0.4) is 0 Å². The maximum atomic E-state index is 14.0. The number of nitrogens with one attached hydrogen (secondary N) is 1. The highest BCUT2D eigenvalue weighted by Crippen LogP contribution is 2.27. The van der Waals surface area contributed by atoms with Gasteiger partial charge >= 0.3 is 0 Å². The highest BCUT2D eigenvalue weighted by molar-refractivity contribution is 6.30. The van der Waals surface area contributed by atoms with E-state index in [2.05, 4.69) is 32.4 Å². The van der Waals surface area contributed by atoms with Gasteiger partial charge in [0, 0.05) is 13.1 Å². The molecular formula is C20H21ClFN7O. The van der Waals surface area contributed by atoms with E-state index in [1.807, 2.05) is 0 Å². The van der Waals surface area contributed by atoms with Crippen molar-refractivity contribution >= 4 is 23.5 Å². The van der Waals surface area contributed by atoms with Crippen molar-refractivity contribution in [1.82, 2.24) is 29.9 Å². The Labute approximate surface area is 178 Å². The van der Waals surface area contributed by atoms with Crippen LogP contribution in [0.1, 0.15) is 30.1 Å². The van der Waals surface area contributed by atoms with Crippen molar-refractivity contribution in [2.45, 2.75) is 25.8 Å². The van der Waals surface area contributed by atoms with Gasteiger partial charge in [0.25, 0.3) is 5.91 Å². The average molecular weight is 430 g/mol. The Morgan fingerprint density at radius 3 is 2.73 bits per heavy atom. The van der Waals surface area contributed by atoms with Crippen LogP contribution >= 0.6 is 11.6 Å². The number of rotatable bonds is 5. The smallest absolute Gasteiger partial charge is 0.256 e. The average Bonchev–Trinajstić information content (AvgIpc) is 3.28. The first-order valence-corrected chi connectivity index (χ1v) is 10.1. The van der Waals surface area contributed by atoms with Crippen molar-refractivity contribution in [3.63, 3.8) is 0 Å². The number of likely N-dealkylation sites (tertiary alicyclic amines) is 1. The first-order chi connectivity index (χ1) is 14.5. The van der Waals surface area contributed by atoms with Crippen molar-refractivity contribution in [1.29, 1.82) is 0 Å². The molecule has 1 unspecified atom stereocenters. The Hall–Kier alpha value is -3.07. The van der Waals surface area contributed by atoms with Crippen LogP contribution in [0.4, 0.5) is 10.3 Å². The Morgan fingerprint density at radius 1 is 1.27 bits per heavy atom. The van der Waals surface area contributed by atoms with E-state index in [0.29, 0.717) is 29.7 Å². The molecule has 0 bridgehead atoms. The number of nitrogens with zero attached hydrogens (tertiary/aromatic N) is 6. The molecule has 3 aromatic rings. The third-order valence-electron chi connectivity index (χ3n) is 5.29. The second-order valence-electron chi connectivity index (χ2n) is 7.27. The van der Waals surface area contributed by atoms with Gasteiger partial charge in [0.15, 0.2) is 0 Å². The molecule has 30 heavy (non-hydrogen) atoms. The summed E-state index contributed by atoms with van der Waals surface area (Å²) in [7, 11) is 0. The van der Waals surface area contributed by atoms with Gasteiger partial charge in [-0.15, -0.1) is 0 Å². The maximum Gasteiger partial charge on any atom is 0.256 e. The lowest BCUT2D eigenvalue weighted by atomic mass is 9.90. The molecule has 1 N–H and O–H groups in total. The minimum absolute atomic E-state index is 0.104. The first kappa shape index (κ1) is 20.2. The van der Waals surface area contributed by atoms with Gasteiger partial charge in [-0.3, -0.25) is 4.79 Å². The minimum Gasteiger partial charge on any atom is -0.352 e. The number of piperidine rings is 1. The lowest BCUT2D eigenvalue weighted by Crippen LogP contribution is -2.51. The van der Waals surface area contributed by atoms with Gasteiger partial charge in [0.2, 0.25) is 5.95 Å². The number of carbonyl (C=O) groups excluding carboxylic acids is 1. The zero-order valence-electron chi connectivity index (χ0n) is 16.4. The number of halogens is 2. The van der Waals surface area contributed by atoms with Crippen LogP contribution in [0, 0.1) is 11.7 Å². The Morgan fingerprint density at radius 2 is 2.00 bits per heavy atom. The van der Waals surface area contributed by atoms with Crippen molar-refractivity contribution in [3.8, 4) is 5.69 Å². The molecular weight excluding hydrogens is 409 g/mol. The summed E-state index contributed by atoms with van der Waals surface area (Å²) in [5.74, 6) is -0.0418. The molecule has 1 aliphatic rings. The highest BCUT2D eigenvalue weighted by atomic mass is 35.5. The van der Waals surface area contributed by atoms with Crippen LogP contribution in [0.2, 0.25) is 5.02 Å². The van der Waals surface area contributed by atoms with Gasteiger partial charge in [0.05, 0.1) is 47.1 Å². The number of amides is 1. The van der Waals surface area contributed by atoms with Gasteiger partial charge in [-0.05, 0) is 37.0 Å². The van der Waals surface area contributed by atoms with Crippen LogP contribution in [0.15, 0.2) is 43.0 Å². The number of anilines is 1. The van der Waals surface area contributed by atoms with E-state index in [1.165, 1.54) is 47.8 Å². The Bertz CT molecular complexity index is 1010. The molecule has 10 heteroatoms. The fraction of sp³-hybridized carbons (Fsp3) is 0.350. The molecule has 0 radical (unpaired) electrons. The van der Waals surface area contributed by atoms with Gasteiger partial charge in [-0.2, -0.15) is 15.0 Å². The minimum atomic E-state index is -0.483. The van der Waals surface area contributed by atoms with Crippen LogP contribution in [-0.2, 0) is 0 Å². The topological polar surface area (TPSA) is 88.8 Å². The third kappa shape index (κ3) is 4.25. The molecule has 1 fully saturated rings. The summed E-state index contributed by atoms with van der Waals surface area (Å²) in [6.07, 6.45) is 7.93. The van der Waals surface area contributed by atoms with Crippen molar-refractivity contribution < 1.29 is 9.18 Å². The van der Waals surface area contributed by atoms with Crippen molar-refractivity contribution in [3.05, 3.63) is 59.4 Å². The van der Waals surface area contributed by atoms with E-state index in [-0.39, 0.29) is 23.4 Å². The van der Waals surface area contributed by atoms with E-state index >= 15 is 0 Å². The van der Waals surface area contributed by atoms with Gasteiger partial charge in [-0.25, -0.2) is 14.4 Å². The molecule has 0 aliphatic carbocycles. The summed E-state index contributed by atoms with van der Waals surface area (Å²) in [6, 6.07) is 3.95. The van der Waals surface area contributed by atoms with Crippen molar-refractivity contribution in [2.75, 3.05) is 18.4 Å². The van der Waals surface area contributed by atoms with E-state index in [1.54, 1.807) is 4.90 Å². The van der Waals surface area contributed by atoms with Gasteiger partial charge < -0.3 is 10.2 Å². The highest BCUT2D eigenvalue weighted by Gasteiger charge is 2.33. The molecule has 8 nitrogen and oxygen atoms in total. The first-order valence-electron chi connectivity index (χ1n) is 9.71. The van der Waals surface area contributed by atoms with E-state index in [9.17, 15) is 9.18 Å². The predicted molar refractivity (Wildman–Crippen MR) is 110 cm³/mol. The lowest BCUT2D eigenvalue weighted by molar-refractivity contribution is 0.0539. The van der Waals surface area contributed by atoms with Crippen LogP contribution in [-0.4, -0.2) is 54.9 Å². The molecule has 2 atom stereocenters. The lowest BCUT2D eigenvalue weighted by Gasteiger charge is -2.40. The van der Waals surface area contributed by atoms with Crippen molar-refractivity contribution in [2.24, 2.45) is 5.92 Å².